The molecule has 6 heteroatoms. The summed E-state index contributed by atoms with van der Waals surface area (Å²) in [5, 5.41) is 18.1. The minimum atomic E-state index is -0.433. The number of aliphatic hydroxyl groups excluding tert-OH is 1. The highest BCUT2D eigenvalue weighted by atomic mass is 32.2. The maximum Gasteiger partial charge on any atom is 0.268 e. The van der Waals surface area contributed by atoms with Crippen molar-refractivity contribution in [3.63, 3.8) is 0 Å². The summed E-state index contributed by atoms with van der Waals surface area (Å²) in [6.45, 7) is 11.7. The van der Waals surface area contributed by atoms with Crippen LogP contribution in [0.25, 0.3) is 0 Å². The molecular weight excluding hydrogens is 384 g/mol. The van der Waals surface area contributed by atoms with E-state index in [-0.39, 0.29) is 5.41 Å². The summed E-state index contributed by atoms with van der Waals surface area (Å²) in [5.74, 6) is 5.21. The SMILES string of the molecule is CCCSc1c(OCC(C)(CC)C(C)O)noc1CNC1CCC1CC1CC1C. The van der Waals surface area contributed by atoms with E-state index in [1.807, 2.05) is 6.92 Å². The molecule has 0 aliphatic heterocycles. The maximum atomic E-state index is 10.1. The zero-order valence-corrected chi connectivity index (χ0v) is 19.7. The first-order valence-electron chi connectivity index (χ1n) is 11.5. The number of nitrogens with one attached hydrogen (secondary N) is 1. The van der Waals surface area contributed by atoms with Crippen LogP contribution in [0.15, 0.2) is 9.42 Å². The summed E-state index contributed by atoms with van der Waals surface area (Å²) in [6, 6.07) is 0.611. The molecule has 6 unspecified atom stereocenters. The van der Waals surface area contributed by atoms with E-state index in [1.165, 1.54) is 25.7 Å². The molecule has 2 fully saturated rings. The van der Waals surface area contributed by atoms with Gasteiger partial charge in [-0.2, -0.15) is 0 Å². The molecule has 0 aromatic carbocycles. The number of hydrogen-bond acceptors (Lipinski definition) is 6. The number of ether oxygens (including phenoxy) is 1. The average molecular weight is 425 g/mol. The topological polar surface area (TPSA) is 67.5 Å². The number of thioether (sulfide) groups is 1. The van der Waals surface area contributed by atoms with Crippen molar-refractivity contribution in [3.05, 3.63) is 5.76 Å². The van der Waals surface area contributed by atoms with Crippen LogP contribution in [-0.2, 0) is 6.54 Å². The molecular formula is C23H40N2O3S. The van der Waals surface area contributed by atoms with Gasteiger partial charge in [0.2, 0.25) is 0 Å². The molecule has 1 heterocycles. The molecule has 6 atom stereocenters. The van der Waals surface area contributed by atoms with Crippen LogP contribution in [0.4, 0.5) is 0 Å². The Bertz CT molecular complexity index is 650. The molecule has 2 N–H and O–H groups in total. The summed E-state index contributed by atoms with van der Waals surface area (Å²) < 4.78 is 11.8. The van der Waals surface area contributed by atoms with Gasteiger partial charge in [-0.1, -0.05) is 27.7 Å². The predicted octanol–water partition coefficient (Wildman–Crippen LogP) is 5.27. The van der Waals surface area contributed by atoms with Crippen molar-refractivity contribution < 1.29 is 14.4 Å². The molecule has 5 nitrogen and oxygen atoms in total. The van der Waals surface area contributed by atoms with Crippen molar-refractivity contribution >= 4 is 11.8 Å². The molecule has 0 radical (unpaired) electrons. The third-order valence-electron chi connectivity index (χ3n) is 7.32. The Balaban J connectivity index is 1.58. The molecule has 0 spiro atoms. The van der Waals surface area contributed by atoms with Gasteiger partial charge in [-0.05, 0) is 74.1 Å². The smallest absolute Gasteiger partial charge is 0.268 e. The predicted molar refractivity (Wildman–Crippen MR) is 118 cm³/mol. The molecule has 2 aliphatic rings. The third kappa shape index (κ3) is 5.71. The molecule has 1 aromatic rings. The van der Waals surface area contributed by atoms with Gasteiger partial charge >= 0.3 is 0 Å². The van der Waals surface area contributed by atoms with Crippen LogP contribution >= 0.6 is 11.8 Å². The van der Waals surface area contributed by atoms with Gasteiger partial charge in [0.25, 0.3) is 5.88 Å². The summed E-state index contributed by atoms with van der Waals surface area (Å²) in [5.41, 5.74) is -0.289. The van der Waals surface area contributed by atoms with Crippen LogP contribution in [0.5, 0.6) is 5.88 Å². The van der Waals surface area contributed by atoms with Crippen molar-refractivity contribution in [1.29, 1.82) is 0 Å². The minimum Gasteiger partial charge on any atom is -0.474 e. The highest BCUT2D eigenvalue weighted by Gasteiger charge is 2.40. The van der Waals surface area contributed by atoms with Gasteiger partial charge in [0.1, 0.15) is 4.90 Å². The van der Waals surface area contributed by atoms with Crippen LogP contribution < -0.4 is 10.1 Å². The van der Waals surface area contributed by atoms with Gasteiger partial charge in [0.05, 0.1) is 19.3 Å². The Kier molecular flexibility index (Phi) is 7.96. The van der Waals surface area contributed by atoms with Crippen molar-refractivity contribution in [2.45, 2.75) is 96.7 Å². The number of aliphatic hydroxyl groups is 1. The van der Waals surface area contributed by atoms with E-state index in [0.717, 1.165) is 47.0 Å². The number of rotatable bonds is 13. The quantitative estimate of drug-likeness (QED) is 0.421. The van der Waals surface area contributed by atoms with Gasteiger partial charge < -0.3 is 19.7 Å². The standard InChI is InChI=1S/C23H40N2O3S/c1-6-10-29-21-20(13-24-19-9-8-17(19)12-18-11-15(18)3)28-25-22(21)27-14-23(5,7-2)16(4)26/h15-19,24,26H,6-14H2,1-5H3. The summed E-state index contributed by atoms with van der Waals surface area (Å²) >= 11 is 1.76. The first kappa shape index (κ1) is 23.0. The lowest BCUT2D eigenvalue weighted by atomic mass is 9.76. The average Bonchev–Trinajstić information content (AvgIpc) is 3.25. The Hall–Kier alpha value is -0.720. The summed E-state index contributed by atoms with van der Waals surface area (Å²) in [6.07, 6.45) is 6.94. The monoisotopic (exact) mass is 424 g/mol. The van der Waals surface area contributed by atoms with E-state index in [9.17, 15) is 5.11 Å². The van der Waals surface area contributed by atoms with E-state index in [0.29, 0.717) is 25.1 Å². The van der Waals surface area contributed by atoms with Crippen molar-refractivity contribution in [3.8, 4) is 5.88 Å². The molecule has 0 bridgehead atoms. The zero-order valence-electron chi connectivity index (χ0n) is 18.9. The van der Waals surface area contributed by atoms with E-state index in [1.54, 1.807) is 11.8 Å². The number of nitrogens with zero attached hydrogens (tertiary/aromatic N) is 1. The van der Waals surface area contributed by atoms with Crippen LogP contribution in [0, 0.1) is 23.2 Å². The molecule has 1 aromatic heterocycles. The van der Waals surface area contributed by atoms with Crippen molar-refractivity contribution in [2.75, 3.05) is 12.4 Å². The highest BCUT2D eigenvalue weighted by molar-refractivity contribution is 7.99. The number of aromatic nitrogens is 1. The molecule has 0 amide bonds. The lowest BCUT2D eigenvalue weighted by Gasteiger charge is -2.37. The van der Waals surface area contributed by atoms with Crippen LogP contribution in [0.2, 0.25) is 0 Å². The van der Waals surface area contributed by atoms with Gasteiger partial charge in [0.15, 0.2) is 5.76 Å². The highest BCUT2D eigenvalue weighted by Crippen LogP contribution is 2.46. The second kappa shape index (κ2) is 10.1. The van der Waals surface area contributed by atoms with Crippen molar-refractivity contribution in [1.82, 2.24) is 10.5 Å². The van der Waals surface area contributed by atoms with E-state index in [2.05, 4.69) is 38.2 Å². The Labute approximate surface area is 180 Å². The minimum absolute atomic E-state index is 0.289. The fraction of sp³-hybridized carbons (Fsp3) is 0.870. The summed E-state index contributed by atoms with van der Waals surface area (Å²) in [4.78, 5) is 1.02. The van der Waals surface area contributed by atoms with Crippen molar-refractivity contribution in [2.24, 2.45) is 23.2 Å². The maximum absolute atomic E-state index is 10.1. The summed E-state index contributed by atoms with van der Waals surface area (Å²) in [7, 11) is 0. The largest absolute Gasteiger partial charge is 0.474 e. The Morgan fingerprint density at radius 1 is 1.34 bits per heavy atom. The fourth-order valence-corrected chi connectivity index (χ4v) is 4.96. The molecule has 166 valence electrons. The lowest BCUT2D eigenvalue weighted by molar-refractivity contribution is 0.00932. The molecule has 3 rings (SSSR count). The van der Waals surface area contributed by atoms with E-state index in [4.69, 9.17) is 9.26 Å². The lowest BCUT2D eigenvalue weighted by Crippen LogP contribution is -2.43. The normalized spacial score (nSPS) is 29.2. The first-order valence-corrected chi connectivity index (χ1v) is 12.5. The first-order chi connectivity index (χ1) is 13.9. The van der Waals surface area contributed by atoms with Gasteiger partial charge in [0, 0.05) is 11.5 Å². The molecule has 0 saturated heterocycles. The second-order valence-corrected chi connectivity index (χ2v) is 10.7. The number of hydrogen-bond donors (Lipinski definition) is 2. The van der Waals surface area contributed by atoms with Gasteiger partial charge in [-0.25, -0.2) is 0 Å². The second-order valence-electron chi connectivity index (χ2n) is 9.59. The van der Waals surface area contributed by atoms with Crippen LogP contribution in [-0.4, -0.2) is 34.8 Å². The third-order valence-corrected chi connectivity index (χ3v) is 8.62. The van der Waals surface area contributed by atoms with Gasteiger partial charge in [-0.15, -0.1) is 11.8 Å². The Morgan fingerprint density at radius 2 is 2.10 bits per heavy atom. The van der Waals surface area contributed by atoms with E-state index < -0.39 is 6.10 Å². The van der Waals surface area contributed by atoms with Gasteiger partial charge in [-0.3, -0.25) is 0 Å². The zero-order chi connectivity index (χ0) is 21.0. The molecule has 2 aliphatic carbocycles. The fourth-order valence-electron chi connectivity index (χ4n) is 4.06. The molecule has 29 heavy (non-hydrogen) atoms. The Morgan fingerprint density at radius 3 is 2.66 bits per heavy atom. The van der Waals surface area contributed by atoms with Crippen LogP contribution in [0.1, 0.15) is 78.9 Å². The van der Waals surface area contributed by atoms with Crippen LogP contribution in [0.3, 0.4) is 0 Å². The molecule has 2 saturated carbocycles. The van der Waals surface area contributed by atoms with E-state index >= 15 is 0 Å².